The van der Waals surface area contributed by atoms with Gasteiger partial charge < -0.3 is 5.11 Å². The van der Waals surface area contributed by atoms with E-state index in [-0.39, 0.29) is 12.3 Å². The van der Waals surface area contributed by atoms with Gasteiger partial charge in [-0.25, -0.2) is 13.1 Å². The van der Waals surface area contributed by atoms with Crippen LogP contribution >= 0.6 is 0 Å². The molecular weight excluding hydrogens is 216 g/mol. The van der Waals surface area contributed by atoms with E-state index in [1.54, 1.807) is 18.2 Å². The Morgan fingerprint density at radius 3 is 2.80 bits per heavy atom. The summed E-state index contributed by atoms with van der Waals surface area (Å²) in [5.74, 6) is -0.488. The fraction of sp³-hybridized carbons (Fsp3) is 0.222. The second kappa shape index (κ2) is 4.77. The number of nitrogens with one attached hydrogen (secondary N) is 1. The average Bonchev–Trinajstić information content (AvgIpc) is 2.15. The van der Waals surface area contributed by atoms with Crippen molar-refractivity contribution in [2.75, 3.05) is 5.75 Å². The fourth-order valence-corrected chi connectivity index (χ4v) is 1.65. The predicted molar refractivity (Wildman–Crippen MR) is 54.3 cm³/mol. The van der Waals surface area contributed by atoms with Crippen molar-refractivity contribution in [3.05, 3.63) is 29.8 Å². The lowest BCUT2D eigenvalue weighted by atomic mass is 10.2. The molecule has 0 amide bonds. The molecule has 0 aliphatic carbocycles. The number of hydrogen-bond acceptors (Lipinski definition) is 4. The normalized spacial score (nSPS) is 10.9. The summed E-state index contributed by atoms with van der Waals surface area (Å²) < 4.78 is 24.4. The van der Waals surface area contributed by atoms with Crippen molar-refractivity contribution in [1.82, 2.24) is 4.72 Å². The molecule has 0 aliphatic heterocycles. The highest BCUT2D eigenvalue weighted by Gasteiger charge is 2.08. The Kier molecular flexibility index (Phi) is 3.66. The minimum Gasteiger partial charge on any atom is -0.508 e. The lowest BCUT2D eigenvalue weighted by Gasteiger charge is -2.03. The van der Waals surface area contributed by atoms with Crippen LogP contribution in [0.3, 0.4) is 0 Å². The minimum absolute atomic E-state index is 0.0679. The zero-order chi connectivity index (χ0) is 11.3. The molecule has 15 heavy (non-hydrogen) atoms. The Balaban J connectivity index is 2.62. The molecule has 0 aromatic heterocycles. The second-order valence-electron chi connectivity index (χ2n) is 2.91. The van der Waals surface area contributed by atoms with Gasteiger partial charge in [-0.05, 0) is 17.7 Å². The predicted octanol–water partition coefficient (Wildman–Crippen LogP) is 0.335. The fourth-order valence-electron chi connectivity index (χ4n) is 0.996. The van der Waals surface area contributed by atoms with Crippen molar-refractivity contribution in [2.45, 2.75) is 6.54 Å². The third-order valence-corrected chi connectivity index (χ3v) is 2.75. The van der Waals surface area contributed by atoms with Crippen LogP contribution in [0.5, 0.6) is 5.75 Å². The lowest BCUT2D eigenvalue weighted by Crippen LogP contribution is -2.25. The summed E-state index contributed by atoms with van der Waals surface area (Å²) >= 11 is 0. The molecule has 0 spiro atoms. The molecule has 1 aromatic carbocycles. The van der Waals surface area contributed by atoms with Crippen molar-refractivity contribution in [3.63, 3.8) is 0 Å². The zero-order valence-corrected chi connectivity index (χ0v) is 8.66. The lowest BCUT2D eigenvalue weighted by molar-refractivity contribution is 0.474. The van der Waals surface area contributed by atoms with Gasteiger partial charge in [-0.3, -0.25) is 0 Å². The monoisotopic (exact) mass is 226 g/mol. The quantitative estimate of drug-likeness (QED) is 0.774. The van der Waals surface area contributed by atoms with Crippen molar-refractivity contribution in [1.29, 1.82) is 5.26 Å². The Morgan fingerprint density at radius 2 is 2.20 bits per heavy atom. The van der Waals surface area contributed by atoms with Crippen LogP contribution < -0.4 is 4.72 Å². The number of aromatic hydroxyl groups is 1. The minimum atomic E-state index is -3.54. The van der Waals surface area contributed by atoms with E-state index in [4.69, 9.17) is 10.4 Å². The highest BCUT2D eigenvalue weighted by molar-refractivity contribution is 7.89. The molecular formula is C9H10N2O3S. The number of nitriles is 1. The molecule has 6 heteroatoms. The van der Waals surface area contributed by atoms with Crippen LogP contribution in [-0.2, 0) is 16.6 Å². The SMILES string of the molecule is N#CCS(=O)(=O)NCc1cccc(O)c1. The van der Waals surface area contributed by atoms with Gasteiger partial charge >= 0.3 is 0 Å². The van der Waals surface area contributed by atoms with Crippen molar-refractivity contribution in [3.8, 4) is 11.8 Å². The van der Waals surface area contributed by atoms with E-state index in [9.17, 15) is 8.42 Å². The number of hydrogen-bond donors (Lipinski definition) is 2. The van der Waals surface area contributed by atoms with Crippen molar-refractivity contribution in [2.24, 2.45) is 0 Å². The number of benzene rings is 1. The van der Waals surface area contributed by atoms with Gasteiger partial charge in [0.25, 0.3) is 0 Å². The van der Waals surface area contributed by atoms with E-state index in [1.807, 2.05) is 0 Å². The van der Waals surface area contributed by atoms with Gasteiger partial charge in [0.05, 0.1) is 6.07 Å². The summed E-state index contributed by atoms with van der Waals surface area (Å²) in [5, 5.41) is 17.4. The van der Waals surface area contributed by atoms with Gasteiger partial charge in [0.1, 0.15) is 5.75 Å². The van der Waals surface area contributed by atoms with Crippen LogP contribution in [0.1, 0.15) is 5.56 Å². The Labute approximate surface area is 88.0 Å². The maximum absolute atomic E-state index is 11.1. The highest BCUT2D eigenvalue weighted by Crippen LogP contribution is 2.10. The van der Waals surface area contributed by atoms with Gasteiger partial charge in [-0.15, -0.1) is 0 Å². The first kappa shape index (κ1) is 11.5. The maximum Gasteiger partial charge on any atom is 0.225 e. The van der Waals surface area contributed by atoms with Gasteiger partial charge in [-0.2, -0.15) is 5.26 Å². The molecule has 0 atom stereocenters. The average molecular weight is 226 g/mol. The summed E-state index contributed by atoms with van der Waals surface area (Å²) in [6, 6.07) is 7.79. The molecule has 0 saturated heterocycles. The largest absolute Gasteiger partial charge is 0.508 e. The zero-order valence-electron chi connectivity index (χ0n) is 7.84. The first-order chi connectivity index (χ1) is 7.03. The highest BCUT2D eigenvalue weighted by atomic mass is 32.2. The first-order valence-electron chi connectivity index (χ1n) is 4.16. The van der Waals surface area contributed by atoms with Crippen LogP contribution in [-0.4, -0.2) is 19.3 Å². The van der Waals surface area contributed by atoms with E-state index in [1.165, 1.54) is 12.1 Å². The topological polar surface area (TPSA) is 90.2 Å². The van der Waals surface area contributed by atoms with Crippen LogP contribution in [0.2, 0.25) is 0 Å². The molecule has 0 heterocycles. The van der Waals surface area contributed by atoms with Gasteiger partial charge in [-0.1, -0.05) is 12.1 Å². The molecule has 0 fully saturated rings. The van der Waals surface area contributed by atoms with Crippen LogP contribution in [0, 0.1) is 11.3 Å². The van der Waals surface area contributed by atoms with Crippen molar-refractivity contribution < 1.29 is 13.5 Å². The molecule has 0 radical (unpaired) electrons. The molecule has 0 unspecified atom stereocenters. The molecule has 2 N–H and O–H groups in total. The number of phenols is 1. The molecule has 0 saturated carbocycles. The third-order valence-electron chi connectivity index (χ3n) is 1.66. The molecule has 0 bridgehead atoms. The smallest absolute Gasteiger partial charge is 0.225 e. The Bertz CT molecular complexity index is 476. The Hall–Kier alpha value is -1.58. The van der Waals surface area contributed by atoms with Crippen LogP contribution in [0.15, 0.2) is 24.3 Å². The number of rotatable bonds is 4. The number of phenolic OH excluding ortho intramolecular Hbond substituents is 1. The van der Waals surface area contributed by atoms with E-state index < -0.39 is 15.8 Å². The van der Waals surface area contributed by atoms with Gasteiger partial charge in [0.2, 0.25) is 10.0 Å². The summed E-state index contributed by atoms with van der Waals surface area (Å²) in [4.78, 5) is 0. The van der Waals surface area contributed by atoms with E-state index in [0.29, 0.717) is 5.56 Å². The van der Waals surface area contributed by atoms with Crippen molar-refractivity contribution >= 4 is 10.0 Å². The number of sulfonamides is 1. The van der Waals surface area contributed by atoms with Gasteiger partial charge in [0.15, 0.2) is 5.75 Å². The summed E-state index contributed by atoms with van der Waals surface area (Å²) in [6.45, 7) is 0.0679. The molecule has 1 aromatic rings. The second-order valence-corrected chi connectivity index (χ2v) is 4.72. The standard InChI is InChI=1S/C9H10N2O3S/c10-4-5-15(13,14)11-7-8-2-1-3-9(12)6-8/h1-3,6,11-12H,5,7H2. The molecule has 80 valence electrons. The molecule has 0 aliphatic rings. The first-order valence-corrected chi connectivity index (χ1v) is 5.81. The molecule has 1 rings (SSSR count). The summed E-state index contributed by atoms with van der Waals surface area (Å²) in [7, 11) is -3.54. The van der Waals surface area contributed by atoms with E-state index in [2.05, 4.69) is 4.72 Å². The third kappa shape index (κ3) is 3.97. The Morgan fingerprint density at radius 1 is 1.47 bits per heavy atom. The molecule has 5 nitrogen and oxygen atoms in total. The van der Waals surface area contributed by atoms with E-state index >= 15 is 0 Å². The van der Waals surface area contributed by atoms with Crippen LogP contribution in [0.25, 0.3) is 0 Å². The maximum atomic E-state index is 11.1. The van der Waals surface area contributed by atoms with E-state index in [0.717, 1.165) is 0 Å². The van der Waals surface area contributed by atoms with Crippen LogP contribution in [0.4, 0.5) is 0 Å². The summed E-state index contributed by atoms with van der Waals surface area (Å²) in [5.41, 5.74) is 0.636. The van der Waals surface area contributed by atoms with Gasteiger partial charge in [0, 0.05) is 6.54 Å². The number of nitrogens with zero attached hydrogens (tertiary/aromatic N) is 1. The summed E-state index contributed by atoms with van der Waals surface area (Å²) in [6.07, 6.45) is 0.